The van der Waals surface area contributed by atoms with Gasteiger partial charge in [-0.2, -0.15) is 0 Å². The third kappa shape index (κ3) is 7.90. The van der Waals surface area contributed by atoms with Gasteiger partial charge in [-0.25, -0.2) is 4.98 Å². The van der Waals surface area contributed by atoms with Crippen LogP contribution >= 0.6 is 23.5 Å². The Morgan fingerprint density at radius 2 is 0.885 bits per heavy atom. The molecule has 0 atom stereocenters. The van der Waals surface area contributed by atoms with Crippen molar-refractivity contribution < 1.29 is 0 Å². The van der Waals surface area contributed by atoms with Gasteiger partial charge in [0, 0.05) is 42.1 Å². The summed E-state index contributed by atoms with van der Waals surface area (Å²) in [6.07, 6.45) is 0. The average Bonchev–Trinajstić information content (AvgIpc) is 2.79. The van der Waals surface area contributed by atoms with Crippen LogP contribution in [0, 0.1) is 0 Å². The van der Waals surface area contributed by atoms with E-state index < -0.39 is 0 Å². The van der Waals surface area contributed by atoms with Gasteiger partial charge in [0.25, 0.3) is 6.71 Å². The maximum atomic E-state index is 5.67. The lowest BCUT2D eigenvalue weighted by atomic mass is 9.33. The summed E-state index contributed by atoms with van der Waals surface area (Å²) in [6.45, 7) is 37.7. The Balaban J connectivity index is 1.20. The normalized spacial score (nSPS) is 14.5. The smallest absolute Gasteiger partial charge is 0.252 e. The van der Waals surface area contributed by atoms with Crippen LogP contribution in [0.1, 0.15) is 156 Å². The lowest BCUT2D eigenvalue weighted by Crippen LogP contribution is -2.62. The zero-order valence-electron chi connectivity index (χ0n) is 48.6. The second-order valence-corrected chi connectivity index (χ2v) is 29.5. The molecule has 0 N–H and O–H groups in total. The zero-order chi connectivity index (χ0) is 54.9. The van der Waals surface area contributed by atoms with Crippen molar-refractivity contribution in [2.45, 2.75) is 164 Å². The monoisotopic (exact) mass is 1060 g/mol. The zero-order valence-corrected chi connectivity index (χ0v) is 50.2. The Morgan fingerprint density at radius 3 is 1.35 bits per heavy atom. The second kappa shape index (κ2) is 17.5. The van der Waals surface area contributed by atoms with Crippen molar-refractivity contribution in [3.05, 3.63) is 173 Å². The summed E-state index contributed by atoms with van der Waals surface area (Å²) in [5, 5.41) is 0. The molecule has 9 aromatic rings. The molecule has 0 bridgehead atoms. The van der Waals surface area contributed by atoms with E-state index in [0.29, 0.717) is 0 Å². The Kier molecular flexibility index (Phi) is 11.5. The molecule has 4 aliphatic heterocycles. The van der Waals surface area contributed by atoms with Crippen LogP contribution in [-0.4, -0.2) is 16.3 Å². The van der Waals surface area contributed by atoms with Crippen molar-refractivity contribution in [1.29, 1.82) is 0 Å². The van der Waals surface area contributed by atoms with E-state index in [1.54, 1.807) is 0 Å². The molecule has 13 rings (SSSR count). The summed E-state index contributed by atoms with van der Waals surface area (Å²) in [5.74, 6) is 1.52. The van der Waals surface area contributed by atoms with Crippen LogP contribution in [0.4, 0.5) is 34.1 Å². The Bertz CT molecular complexity index is 3800. The number of fused-ring (bicyclic) bond motifs is 9. The van der Waals surface area contributed by atoms with Crippen molar-refractivity contribution in [2.24, 2.45) is 0 Å². The van der Waals surface area contributed by atoms with Crippen LogP contribution in [0.15, 0.2) is 159 Å². The number of benzene rings is 8. The van der Waals surface area contributed by atoms with Gasteiger partial charge in [-0.3, -0.25) is 4.57 Å². The van der Waals surface area contributed by atoms with Gasteiger partial charge in [-0.05, 0) is 143 Å². The van der Waals surface area contributed by atoms with Crippen molar-refractivity contribution >= 4 is 91.8 Å². The van der Waals surface area contributed by atoms with Crippen LogP contribution in [-0.2, 0) is 21.7 Å². The third-order valence-electron chi connectivity index (χ3n) is 17.1. The number of hydrogen-bond donors (Lipinski definition) is 0. The molecule has 78 heavy (non-hydrogen) atoms. The first-order chi connectivity index (χ1) is 36.9. The molecule has 0 radical (unpaired) electrons. The molecule has 0 saturated carbocycles. The molecule has 0 amide bonds. The number of anilines is 6. The van der Waals surface area contributed by atoms with Gasteiger partial charge < -0.3 is 9.80 Å². The Hall–Kier alpha value is -6.41. The van der Waals surface area contributed by atoms with E-state index >= 15 is 0 Å². The Morgan fingerprint density at radius 1 is 0.423 bits per heavy atom. The minimum Gasteiger partial charge on any atom is -0.309 e. The maximum Gasteiger partial charge on any atom is 0.252 e. The van der Waals surface area contributed by atoms with Crippen molar-refractivity contribution in [1.82, 2.24) is 9.55 Å². The van der Waals surface area contributed by atoms with Crippen molar-refractivity contribution in [3.8, 4) is 28.2 Å². The van der Waals surface area contributed by atoms with E-state index in [1.807, 2.05) is 23.5 Å². The summed E-state index contributed by atoms with van der Waals surface area (Å²) < 4.78 is 2.54. The van der Waals surface area contributed by atoms with Crippen LogP contribution in [0.5, 0.6) is 0 Å². The van der Waals surface area contributed by atoms with E-state index in [2.05, 4.69) is 265 Å². The number of hydrogen-bond acceptors (Lipinski definition) is 5. The molecule has 5 heterocycles. The first-order valence-corrected chi connectivity index (χ1v) is 30.0. The number of aromatic nitrogens is 2. The van der Waals surface area contributed by atoms with Crippen LogP contribution in [0.25, 0.3) is 39.2 Å². The van der Waals surface area contributed by atoms with Gasteiger partial charge in [0.15, 0.2) is 0 Å². The molecule has 7 heteroatoms. The SMILES string of the molecule is CC(C)c1cccc(C(C)C)c1-n1c(-c2ccccc2)nc2cccc(-c3cc4c5c(c3)N3c6ccc(C(C)(C)C)cc6Sc6cc(C(C)(C)C)cc(c63)B5c3cc(C(C)(C)C)cc5c3N4c3ccc(C(C)(C)C)cc3S5)c21. The molecule has 0 aliphatic carbocycles. The van der Waals surface area contributed by atoms with Crippen LogP contribution in [0.2, 0.25) is 0 Å². The molecule has 392 valence electrons. The van der Waals surface area contributed by atoms with Crippen LogP contribution in [0.3, 0.4) is 0 Å². The van der Waals surface area contributed by atoms with Gasteiger partial charge in [0.1, 0.15) is 5.82 Å². The molecular weight excluding hydrogens is 984 g/mol. The van der Waals surface area contributed by atoms with Gasteiger partial charge in [-0.1, -0.05) is 219 Å². The largest absolute Gasteiger partial charge is 0.309 e. The standard InChI is InChI=1S/C71H73BN4S2/c1-40(2)48-24-20-25-49(41(3)4)63(48)76-64-50(26-21-27-53(64)73-67(76)42-22-18-17-19-23-42)43-32-56-62-57(33-43)75-55-31-29-45(69(8,9)10)37-59(55)78-61-39-47(71(14,15)16)35-52(66(61)75)72(62)51-34-46(70(11,12)13)38-60-65(51)74(56)54-30-28-44(68(5,6)7)36-58(54)77-60/h17-41H,1-16H3. The van der Waals surface area contributed by atoms with E-state index in [4.69, 9.17) is 4.98 Å². The van der Waals surface area contributed by atoms with Crippen molar-refractivity contribution in [3.63, 3.8) is 0 Å². The predicted octanol–water partition coefficient (Wildman–Crippen LogP) is 18.8. The lowest BCUT2D eigenvalue weighted by molar-refractivity contribution is 0.588. The predicted molar refractivity (Wildman–Crippen MR) is 337 cm³/mol. The fourth-order valence-electron chi connectivity index (χ4n) is 12.7. The molecule has 4 aliphatic rings. The molecule has 0 spiro atoms. The summed E-state index contributed by atoms with van der Waals surface area (Å²) in [6, 6.07) is 54.6. The van der Waals surface area contributed by atoms with Gasteiger partial charge >= 0.3 is 0 Å². The molecule has 0 unspecified atom stereocenters. The van der Waals surface area contributed by atoms with Gasteiger partial charge in [-0.15, -0.1) is 0 Å². The highest BCUT2D eigenvalue weighted by Crippen LogP contribution is 2.59. The minimum atomic E-state index is -0.0752. The highest BCUT2D eigenvalue weighted by Gasteiger charge is 2.49. The molecule has 0 fully saturated rings. The number of rotatable bonds is 5. The third-order valence-corrected chi connectivity index (χ3v) is 19.2. The van der Waals surface area contributed by atoms with Gasteiger partial charge in [0.05, 0.1) is 39.5 Å². The fourth-order valence-corrected chi connectivity index (χ4v) is 15.1. The van der Waals surface area contributed by atoms with E-state index in [0.717, 1.165) is 22.4 Å². The first kappa shape index (κ1) is 51.1. The molecule has 4 nitrogen and oxygen atoms in total. The highest BCUT2D eigenvalue weighted by molar-refractivity contribution is 8.00. The number of nitrogens with zero attached hydrogens (tertiary/aromatic N) is 4. The van der Waals surface area contributed by atoms with Gasteiger partial charge in [0.2, 0.25) is 0 Å². The van der Waals surface area contributed by atoms with E-state index in [9.17, 15) is 0 Å². The fraction of sp³-hybridized carbons (Fsp3) is 0.310. The first-order valence-electron chi connectivity index (χ1n) is 28.4. The summed E-state index contributed by atoms with van der Waals surface area (Å²) >= 11 is 3.93. The Labute approximate surface area is 473 Å². The summed E-state index contributed by atoms with van der Waals surface area (Å²) in [7, 11) is 0. The summed E-state index contributed by atoms with van der Waals surface area (Å²) in [5.41, 5.74) is 26.4. The van der Waals surface area contributed by atoms with Crippen molar-refractivity contribution in [2.75, 3.05) is 9.80 Å². The molecule has 8 aromatic carbocycles. The highest BCUT2D eigenvalue weighted by atomic mass is 32.2. The number of para-hydroxylation sites is 2. The molecular formula is C71H73BN4S2. The molecule has 1 aromatic heterocycles. The topological polar surface area (TPSA) is 24.3 Å². The quantitative estimate of drug-likeness (QED) is 0.160. The summed E-state index contributed by atoms with van der Waals surface area (Å²) in [4.78, 5) is 16.3. The number of imidazole rings is 1. The molecule has 0 saturated heterocycles. The van der Waals surface area contributed by atoms with E-state index in [-0.39, 0.29) is 40.2 Å². The minimum absolute atomic E-state index is 0.0110. The lowest BCUT2D eigenvalue weighted by Gasteiger charge is -2.48. The van der Waals surface area contributed by atoms with E-state index in [1.165, 1.54) is 120 Å². The average molecular weight is 1060 g/mol. The second-order valence-electron chi connectivity index (χ2n) is 27.3. The van der Waals surface area contributed by atoms with Crippen LogP contribution < -0.4 is 26.2 Å². The maximum absolute atomic E-state index is 5.67.